The summed E-state index contributed by atoms with van der Waals surface area (Å²) in [6, 6.07) is 5.91. The van der Waals surface area contributed by atoms with Crippen LogP contribution in [0, 0.1) is 0 Å². The van der Waals surface area contributed by atoms with Crippen molar-refractivity contribution >= 4 is 11.8 Å². The molecule has 0 bridgehead atoms. The molecular formula is C17H28N2O2. The molecule has 0 fully saturated rings. The molecular weight excluding hydrogens is 264 g/mol. The summed E-state index contributed by atoms with van der Waals surface area (Å²) >= 11 is 0. The highest BCUT2D eigenvalue weighted by Crippen LogP contribution is 2.10. The molecule has 4 nitrogen and oxygen atoms in total. The third-order valence-electron chi connectivity index (χ3n) is 3.54. The van der Waals surface area contributed by atoms with Crippen molar-refractivity contribution in [1.82, 2.24) is 4.98 Å². The maximum Gasteiger partial charge on any atom is 0.303 e. The number of anilines is 1. The predicted octanol–water partition coefficient (Wildman–Crippen LogP) is 4.48. The number of hydrogen-bond donors (Lipinski definition) is 2. The Kier molecular flexibility index (Phi) is 10.1. The number of carboxylic acids is 1. The maximum atomic E-state index is 10.3. The van der Waals surface area contributed by atoms with Crippen molar-refractivity contribution in [3.05, 3.63) is 24.4 Å². The van der Waals surface area contributed by atoms with Crippen LogP contribution in [0.4, 0.5) is 5.82 Å². The Morgan fingerprint density at radius 3 is 2.14 bits per heavy atom. The van der Waals surface area contributed by atoms with Gasteiger partial charge >= 0.3 is 5.97 Å². The lowest BCUT2D eigenvalue weighted by molar-refractivity contribution is -0.137. The fourth-order valence-electron chi connectivity index (χ4n) is 2.32. The number of hydrogen-bond acceptors (Lipinski definition) is 3. The fraction of sp³-hybridized carbons (Fsp3) is 0.647. The molecule has 2 N–H and O–H groups in total. The van der Waals surface area contributed by atoms with E-state index in [0.29, 0.717) is 6.42 Å². The van der Waals surface area contributed by atoms with Gasteiger partial charge in [0.1, 0.15) is 5.82 Å². The standard InChI is InChI=1S/C17H28N2O2/c20-17(21)13-8-6-4-2-1-3-5-7-10-14-18-16-12-9-11-15-19-16/h9,11-12,15H,1-8,10,13-14H2,(H,18,19)(H,20,21). The topological polar surface area (TPSA) is 62.2 Å². The van der Waals surface area contributed by atoms with Crippen LogP contribution in [0.2, 0.25) is 0 Å². The molecule has 0 saturated heterocycles. The van der Waals surface area contributed by atoms with Gasteiger partial charge in [-0.2, -0.15) is 0 Å². The smallest absolute Gasteiger partial charge is 0.303 e. The van der Waals surface area contributed by atoms with E-state index in [1.807, 2.05) is 18.2 Å². The summed E-state index contributed by atoms with van der Waals surface area (Å²) in [5.41, 5.74) is 0. The molecule has 0 aromatic carbocycles. The first-order valence-corrected chi connectivity index (χ1v) is 8.16. The lowest BCUT2D eigenvalue weighted by Crippen LogP contribution is -2.02. The number of aromatic nitrogens is 1. The van der Waals surface area contributed by atoms with Crippen LogP contribution in [-0.2, 0) is 4.79 Å². The van der Waals surface area contributed by atoms with E-state index in [-0.39, 0.29) is 0 Å². The first kappa shape index (κ1) is 17.5. The SMILES string of the molecule is O=C(O)CCCCCCCCCCCNc1ccccn1. The quantitative estimate of drug-likeness (QED) is 0.526. The first-order valence-electron chi connectivity index (χ1n) is 8.16. The molecule has 0 aliphatic heterocycles. The highest BCUT2D eigenvalue weighted by Gasteiger charge is 1.97. The van der Waals surface area contributed by atoms with Gasteiger partial charge in [-0.05, 0) is 25.0 Å². The minimum absolute atomic E-state index is 0.323. The number of carboxylic acid groups (broad SMARTS) is 1. The van der Waals surface area contributed by atoms with Gasteiger partial charge in [-0.15, -0.1) is 0 Å². The molecule has 1 aromatic heterocycles. The average molecular weight is 292 g/mol. The minimum atomic E-state index is -0.672. The molecule has 21 heavy (non-hydrogen) atoms. The van der Waals surface area contributed by atoms with Crippen molar-refractivity contribution in [1.29, 1.82) is 0 Å². The Morgan fingerprint density at radius 1 is 0.952 bits per heavy atom. The maximum absolute atomic E-state index is 10.3. The predicted molar refractivity (Wildman–Crippen MR) is 86.5 cm³/mol. The van der Waals surface area contributed by atoms with Gasteiger partial charge in [-0.3, -0.25) is 4.79 Å². The molecule has 0 radical (unpaired) electrons. The number of pyridine rings is 1. The zero-order valence-corrected chi connectivity index (χ0v) is 12.9. The first-order chi connectivity index (χ1) is 10.3. The van der Waals surface area contributed by atoms with Crippen molar-refractivity contribution in [2.75, 3.05) is 11.9 Å². The fourth-order valence-corrected chi connectivity index (χ4v) is 2.32. The third-order valence-corrected chi connectivity index (χ3v) is 3.54. The number of aliphatic carboxylic acids is 1. The van der Waals surface area contributed by atoms with Crippen molar-refractivity contribution in [3.63, 3.8) is 0 Å². The van der Waals surface area contributed by atoms with Gasteiger partial charge < -0.3 is 10.4 Å². The van der Waals surface area contributed by atoms with Gasteiger partial charge in [0.2, 0.25) is 0 Å². The van der Waals surface area contributed by atoms with Crippen LogP contribution in [0.3, 0.4) is 0 Å². The monoisotopic (exact) mass is 292 g/mol. The zero-order valence-electron chi connectivity index (χ0n) is 12.9. The van der Waals surface area contributed by atoms with Crippen molar-refractivity contribution in [3.8, 4) is 0 Å². The molecule has 0 amide bonds. The van der Waals surface area contributed by atoms with Crippen molar-refractivity contribution < 1.29 is 9.90 Å². The van der Waals surface area contributed by atoms with Crippen LogP contribution in [0.15, 0.2) is 24.4 Å². The lowest BCUT2D eigenvalue weighted by atomic mass is 10.1. The zero-order chi connectivity index (χ0) is 15.2. The second-order valence-electron chi connectivity index (χ2n) is 5.47. The molecule has 1 aromatic rings. The van der Waals surface area contributed by atoms with Crippen molar-refractivity contribution in [2.24, 2.45) is 0 Å². The summed E-state index contributed by atoms with van der Waals surface area (Å²) in [5, 5.41) is 11.8. The van der Waals surface area contributed by atoms with Gasteiger partial charge in [0.25, 0.3) is 0 Å². The van der Waals surface area contributed by atoms with Crippen molar-refractivity contribution in [2.45, 2.75) is 64.2 Å². The summed E-state index contributed by atoms with van der Waals surface area (Å²) < 4.78 is 0. The summed E-state index contributed by atoms with van der Waals surface area (Å²) in [4.78, 5) is 14.6. The lowest BCUT2D eigenvalue weighted by Gasteiger charge is -2.05. The molecule has 0 aliphatic rings. The molecule has 1 rings (SSSR count). The van der Waals surface area contributed by atoms with Gasteiger partial charge in [0.15, 0.2) is 0 Å². The molecule has 1 heterocycles. The largest absolute Gasteiger partial charge is 0.481 e. The number of carbonyl (C=O) groups is 1. The van der Waals surface area contributed by atoms with Crippen LogP contribution >= 0.6 is 0 Å². The van der Waals surface area contributed by atoms with Crippen LogP contribution in [-0.4, -0.2) is 22.6 Å². The van der Waals surface area contributed by atoms with Crippen LogP contribution in [0.5, 0.6) is 0 Å². The highest BCUT2D eigenvalue weighted by atomic mass is 16.4. The Morgan fingerprint density at radius 2 is 1.57 bits per heavy atom. The Balaban J connectivity index is 1.78. The second kappa shape index (κ2) is 12.2. The van der Waals surface area contributed by atoms with E-state index in [1.165, 1.54) is 44.9 Å². The van der Waals surface area contributed by atoms with E-state index in [1.54, 1.807) is 6.20 Å². The number of unbranched alkanes of at least 4 members (excludes halogenated alkanes) is 8. The Labute approximate surface area is 128 Å². The van der Waals surface area contributed by atoms with E-state index in [2.05, 4.69) is 10.3 Å². The van der Waals surface area contributed by atoms with Gasteiger partial charge in [0.05, 0.1) is 0 Å². The number of nitrogens with one attached hydrogen (secondary N) is 1. The van der Waals surface area contributed by atoms with Crippen LogP contribution < -0.4 is 5.32 Å². The number of nitrogens with zero attached hydrogens (tertiary/aromatic N) is 1. The Bertz CT molecular complexity index is 368. The average Bonchev–Trinajstić information content (AvgIpc) is 2.49. The number of rotatable bonds is 13. The molecule has 4 heteroatoms. The summed E-state index contributed by atoms with van der Waals surface area (Å²) in [6.07, 6.45) is 12.7. The van der Waals surface area contributed by atoms with Crippen LogP contribution in [0.25, 0.3) is 0 Å². The van der Waals surface area contributed by atoms with E-state index in [4.69, 9.17) is 5.11 Å². The molecule has 118 valence electrons. The highest BCUT2D eigenvalue weighted by molar-refractivity contribution is 5.66. The van der Waals surface area contributed by atoms with Gasteiger partial charge in [0, 0.05) is 19.2 Å². The molecule has 0 saturated carbocycles. The third kappa shape index (κ3) is 10.8. The summed E-state index contributed by atoms with van der Waals surface area (Å²) in [6.45, 7) is 0.992. The molecule has 0 aliphatic carbocycles. The molecule has 0 atom stereocenters. The molecule has 0 spiro atoms. The van der Waals surface area contributed by atoms with E-state index < -0.39 is 5.97 Å². The van der Waals surface area contributed by atoms with Gasteiger partial charge in [-0.25, -0.2) is 4.98 Å². The summed E-state index contributed by atoms with van der Waals surface area (Å²) in [5.74, 6) is 0.285. The Hall–Kier alpha value is -1.58. The van der Waals surface area contributed by atoms with Gasteiger partial charge in [-0.1, -0.05) is 51.0 Å². The normalized spacial score (nSPS) is 10.5. The minimum Gasteiger partial charge on any atom is -0.481 e. The van der Waals surface area contributed by atoms with E-state index >= 15 is 0 Å². The summed E-state index contributed by atoms with van der Waals surface area (Å²) in [7, 11) is 0. The van der Waals surface area contributed by atoms with E-state index in [0.717, 1.165) is 25.2 Å². The van der Waals surface area contributed by atoms with Crippen LogP contribution in [0.1, 0.15) is 64.2 Å². The second-order valence-corrected chi connectivity index (χ2v) is 5.47. The molecule has 0 unspecified atom stereocenters. The van der Waals surface area contributed by atoms with E-state index in [9.17, 15) is 4.79 Å².